The molecule has 3 rings (SSSR count). The number of ketones is 1. The van der Waals surface area contributed by atoms with Gasteiger partial charge in [-0.15, -0.1) is 11.3 Å². The summed E-state index contributed by atoms with van der Waals surface area (Å²) in [7, 11) is 0. The van der Waals surface area contributed by atoms with E-state index in [4.69, 9.17) is 4.74 Å². The minimum atomic E-state index is -5.03. The number of ether oxygens (including phenoxy) is 1. The molecule has 0 bridgehead atoms. The fraction of sp³-hybridized carbons (Fsp3) is 0.478. The lowest BCUT2D eigenvalue weighted by Gasteiger charge is -2.25. The van der Waals surface area contributed by atoms with E-state index < -0.39 is 58.6 Å². The first-order valence-electron chi connectivity index (χ1n) is 10.9. The van der Waals surface area contributed by atoms with Gasteiger partial charge in [-0.25, -0.2) is 9.78 Å². The molecular weight excluding hydrogens is 528 g/mol. The molecule has 1 saturated carbocycles. The fourth-order valence-electron chi connectivity index (χ4n) is 3.81. The molecule has 1 heterocycles. The van der Waals surface area contributed by atoms with E-state index in [2.05, 4.69) is 15.6 Å². The molecule has 1 atom stereocenters. The van der Waals surface area contributed by atoms with Gasteiger partial charge in [0.25, 0.3) is 0 Å². The second-order valence-electron chi connectivity index (χ2n) is 9.56. The Bertz CT molecular complexity index is 1170. The highest BCUT2D eigenvalue weighted by molar-refractivity contribution is 7.14. The van der Waals surface area contributed by atoms with Crippen LogP contribution >= 0.6 is 11.3 Å². The van der Waals surface area contributed by atoms with Gasteiger partial charge < -0.3 is 10.1 Å². The van der Waals surface area contributed by atoms with Crippen LogP contribution in [0.5, 0.6) is 0 Å². The van der Waals surface area contributed by atoms with Crippen LogP contribution in [-0.4, -0.2) is 28.4 Å². The summed E-state index contributed by atoms with van der Waals surface area (Å²) >= 11 is 0.967. The van der Waals surface area contributed by atoms with E-state index in [0.29, 0.717) is 12.1 Å². The average Bonchev–Trinajstić information content (AvgIpc) is 3.36. The van der Waals surface area contributed by atoms with Crippen molar-refractivity contribution in [1.82, 2.24) is 10.3 Å². The molecule has 1 aliphatic carbocycles. The van der Waals surface area contributed by atoms with Crippen molar-refractivity contribution < 1.29 is 45.5 Å². The van der Waals surface area contributed by atoms with Gasteiger partial charge >= 0.3 is 18.4 Å². The Morgan fingerprint density at radius 2 is 1.65 bits per heavy atom. The van der Waals surface area contributed by atoms with Crippen LogP contribution in [-0.2, 0) is 38.6 Å². The van der Waals surface area contributed by atoms with E-state index in [1.54, 1.807) is 20.8 Å². The Morgan fingerprint density at radius 3 is 2.14 bits per heavy atom. The van der Waals surface area contributed by atoms with Crippen LogP contribution in [0.4, 0.5) is 36.3 Å². The molecule has 2 N–H and O–H groups in total. The first-order valence-corrected chi connectivity index (χ1v) is 11.8. The van der Waals surface area contributed by atoms with Gasteiger partial charge in [0.1, 0.15) is 11.4 Å². The largest absolute Gasteiger partial charge is 0.444 e. The molecule has 14 heteroatoms. The molecule has 1 aliphatic rings. The van der Waals surface area contributed by atoms with Gasteiger partial charge in [0, 0.05) is 24.8 Å². The second-order valence-corrected chi connectivity index (χ2v) is 10.4. The number of carbonyl (C=O) groups excluding carboxylic acids is 3. The maximum atomic E-state index is 13.2. The van der Waals surface area contributed by atoms with Crippen molar-refractivity contribution >= 4 is 34.3 Å². The molecule has 1 unspecified atom stereocenters. The molecule has 2 amide bonds. The Hall–Kier alpha value is -3.16. The number of anilines is 1. The molecule has 37 heavy (non-hydrogen) atoms. The van der Waals surface area contributed by atoms with Crippen LogP contribution in [0.1, 0.15) is 62.4 Å². The molecule has 0 saturated heterocycles. The predicted molar refractivity (Wildman–Crippen MR) is 121 cm³/mol. The molecular formula is C23H23F6N3O4S. The zero-order valence-electron chi connectivity index (χ0n) is 19.9. The topological polar surface area (TPSA) is 97.4 Å². The van der Waals surface area contributed by atoms with Gasteiger partial charge in [-0.1, -0.05) is 0 Å². The van der Waals surface area contributed by atoms with Gasteiger partial charge in [0.05, 0.1) is 22.2 Å². The summed E-state index contributed by atoms with van der Waals surface area (Å²) in [6.45, 7) is 4.33. The van der Waals surface area contributed by atoms with Crippen molar-refractivity contribution in [3.05, 3.63) is 46.0 Å². The second kappa shape index (κ2) is 9.95. The molecule has 0 radical (unpaired) electrons. The number of hydrogen-bond acceptors (Lipinski definition) is 6. The first kappa shape index (κ1) is 28.4. The highest BCUT2D eigenvalue weighted by atomic mass is 32.1. The number of Topliss-reactive ketones (excluding diaryl/α,β-unsaturated/α-hetero) is 1. The summed E-state index contributed by atoms with van der Waals surface area (Å²) in [5.74, 6) is -1.04. The summed E-state index contributed by atoms with van der Waals surface area (Å²) < 4.78 is 84.1. The molecule has 0 spiro atoms. The summed E-state index contributed by atoms with van der Waals surface area (Å²) in [6.07, 6.45) is -11.1. The SMILES string of the molecule is CC(C)(C)OC(=O)Nc1nc(C2(C(=O)NCc3cc(C(F)(F)F)cc(C(F)(F)F)c3)CCC(=O)C2)cs1. The molecule has 202 valence electrons. The molecule has 2 aromatic rings. The van der Waals surface area contributed by atoms with Crippen LogP contribution in [0.25, 0.3) is 0 Å². The summed E-state index contributed by atoms with van der Waals surface area (Å²) in [5, 5.41) is 6.33. The molecule has 1 fully saturated rings. The number of alkyl halides is 6. The van der Waals surface area contributed by atoms with Crippen molar-refractivity contribution in [3.63, 3.8) is 0 Å². The highest BCUT2D eigenvalue weighted by Crippen LogP contribution is 2.41. The smallest absolute Gasteiger partial charge is 0.416 e. The minimum Gasteiger partial charge on any atom is -0.444 e. The van der Waals surface area contributed by atoms with Crippen LogP contribution in [0.3, 0.4) is 0 Å². The Balaban J connectivity index is 1.83. The number of rotatable bonds is 5. The van der Waals surface area contributed by atoms with Gasteiger partial charge in [-0.2, -0.15) is 26.3 Å². The number of benzene rings is 1. The van der Waals surface area contributed by atoms with Gasteiger partial charge in [-0.3, -0.25) is 14.9 Å². The van der Waals surface area contributed by atoms with E-state index in [9.17, 15) is 40.7 Å². The van der Waals surface area contributed by atoms with E-state index >= 15 is 0 Å². The van der Waals surface area contributed by atoms with Crippen LogP contribution in [0, 0.1) is 0 Å². The van der Waals surface area contributed by atoms with Crippen molar-refractivity contribution in [2.24, 2.45) is 0 Å². The number of halogens is 6. The van der Waals surface area contributed by atoms with Gasteiger partial charge in [0.15, 0.2) is 5.13 Å². The maximum absolute atomic E-state index is 13.2. The number of hydrogen-bond donors (Lipinski definition) is 2. The Kier molecular flexibility index (Phi) is 7.64. The fourth-order valence-corrected chi connectivity index (χ4v) is 4.60. The third-order valence-corrected chi connectivity index (χ3v) is 6.22. The number of thiazole rings is 1. The third-order valence-electron chi connectivity index (χ3n) is 5.47. The standard InChI is InChI=1S/C23H23F6N3O4S/c1-20(2,3)36-19(35)32-18-31-16(11-37-18)21(5-4-15(33)9-21)17(34)30-10-12-6-13(22(24,25)26)8-14(7-12)23(27,28)29/h6-8,11H,4-5,9-10H2,1-3H3,(H,30,34)(H,31,32,35). The lowest BCUT2D eigenvalue weighted by atomic mass is 9.82. The third kappa shape index (κ3) is 6.99. The number of amides is 2. The minimum absolute atomic E-state index is 0.00305. The first-order chi connectivity index (χ1) is 16.9. The quantitative estimate of drug-likeness (QED) is 0.456. The van der Waals surface area contributed by atoms with E-state index in [-0.39, 0.29) is 41.9 Å². The predicted octanol–water partition coefficient (Wildman–Crippen LogP) is 5.83. The summed E-state index contributed by atoms with van der Waals surface area (Å²) in [5.41, 5.74) is -5.55. The maximum Gasteiger partial charge on any atom is 0.416 e. The van der Waals surface area contributed by atoms with Crippen molar-refractivity contribution in [1.29, 1.82) is 0 Å². The Labute approximate surface area is 211 Å². The Morgan fingerprint density at radius 1 is 1.05 bits per heavy atom. The number of nitrogens with zero attached hydrogens (tertiary/aromatic N) is 1. The average molecular weight is 552 g/mol. The number of carbonyl (C=O) groups is 3. The number of aromatic nitrogens is 1. The van der Waals surface area contributed by atoms with Crippen molar-refractivity contribution in [3.8, 4) is 0 Å². The zero-order chi connectivity index (χ0) is 27.8. The summed E-state index contributed by atoms with van der Waals surface area (Å²) in [6, 6.07) is 1.04. The normalized spacial score (nSPS) is 18.6. The van der Waals surface area contributed by atoms with Crippen LogP contribution < -0.4 is 10.6 Å². The van der Waals surface area contributed by atoms with Crippen molar-refractivity contribution in [2.45, 2.75) is 69.9 Å². The van der Waals surface area contributed by atoms with E-state index in [1.165, 1.54) is 5.38 Å². The zero-order valence-corrected chi connectivity index (χ0v) is 20.7. The lowest BCUT2D eigenvalue weighted by molar-refractivity contribution is -0.143. The van der Waals surface area contributed by atoms with E-state index in [1.807, 2.05) is 0 Å². The monoisotopic (exact) mass is 551 g/mol. The van der Waals surface area contributed by atoms with Crippen LogP contribution in [0.2, 0.25) is 0 Å². The van der Waals surface area contributed by atoms with Gasteiger partial charge in [0.2, 0.25) is 5.91 Å². The summed E-state index contributed by atoms with van der Waals surface area (Å²) in [4.78, 5) is 41.6. The molecule has 1 aromatic carbocycles. The molecule has 0 aliphatic heterocycles. The van der Waals surface area contributed by atoms with Crippen molar-refractivity contribution in [2.75, 3.05) is 5.32 Å². The number of nitrogens with one attached hydrogen (secondary N) is 2. The van der Waals surface area contributed by atoms with Gasteiger partial charge in [-0.05, 0) is 51.0 Å². The molecule has 1 aromatic heterocycles. The lowest BCUT2D eigenvalue weighted by Crippen LogP contribution is -2.43. The highest BCUT2D eigenvalue weighted by Gasteiger charge is 2.48. The van der Waals surface area contributed by atoms with Crippen LogP contribution in [0.15, 0.2) is 23.6 Å². The van der Waals surface area contributed by atoms with E-state index in [0.717, 1.165) is 11.3 Å². The molecule has 7 nitrogen and oxygen atoms in total.